The van der Waals surface area contributed by atoms with Crippen LogP contribution in [0.1, 0.15) is 57.6 Å². The molecule has 0 aliphatic carbocycles. The lowest BCUT2D eigenvalue weighted by Crippen LogP contribution is -2.46. The van der Waals surface area contributed by atoms with E-state index in [1.54, 1.807) is 20.8 Å². The Morgan fingerprint density at radius 3 is 2.18 bits per heavy atom. The van der Waals surface area contributed by atoms with Gasteiger partial charge in [0.1, 0.15) is 11.3 Å². The first-order valence-corrected chi connectivity index (χ1v) is 11.8. The molecule has 1 unspecified atom stereocenters. The van der Waals surface area contributed by atoms with Gasteiger partial charge in [0.25, 0.3) is 11.8 Å². The third-order valence-electron chi connectivity index (χ3n) is 4.04. The standard InChI is InChI=1S/C23H27N5O9S.ClH/c1-11(37-28-18(15-10-38-22(24)25-15)21(33)36-23(4,5)6)19(31)26-27-20(32)14-7-8-16(34-12(2)29)17(9-14)35-13(3)30;/h7-11H,1-6H3,(H2,24,25)(H,26,31)(H,27,32);1H. The lowest BCUT2D eigenvalue weighted by Gasteiger charge is -2.19. The lowest BCUT2D eigenvalue weighted by molar-refractivity contribution is -0.146. The molecule has 0 fully saturated rings. The molecule has 2 amide bonds. The highest BCUT2D eigenvalue weighted by atomic mass is 35.5. The molecule has 0 saturated heterocycles. The Morgan fingerprint density at radius 1 is 1.03 bits per heavy atom. The summed E-state index contributed by atoms with van der Waals surface area (Å²) in [6.45, 7) is 8.60. The van der Waals surface area contributed by atoms with Gasteiger partial charge in [-0.25, -0.2) is 9.78 Å². The quantitative estimate of drug-likeness (QED) is 0.177. The molecule has 16 heteroatoms. The number of nitrogens with one attached hydrogen (secondary N) is 2. The average Bonchev–Trinajstić information content (AvgIpc) is 3.22. The van der Waals surface area contributed by atoms with Crippen molar-refractivity contribution in [3.05, 3.63) is 34.8 Å². The number of esters is 3. The van der Waals surface area contributed by atoms with Crippen molar-refractivity contribution in [2.45, 2.75) is 53.2 Å². The predicted molar refractivity (Wildman–Crippen MR) is 141 cm³/mol. The van der Waals surface area contributed by atoms with E-state index in [0.717, 1.165) is 31.3 Å². The summed E-state index contributed by atoms with van der Waals surface area (Å²) in [6.07, 6.45) is -1.27. The van der Waals surface area contributed by atoms with E-state index in [9.17, 15) is 24.0 Å². The molecule has 2 aromatic rings. The molecule has 0 spiro atoms. The normalized spacial score (nSPS) is 11.8. The molecule has 0 aliphatic rings. The van der Waals surface area contributed by atoms with Gasteiger partial charge in [-0.3, -0.25) is 30.0 Å². The van der Waals surface area contributed by atoms with Gasteiger partial charge in [0.15, 0.2) is 16.6 Å². The van der Waals surface area contributed by atoms with Crippen LogP contribution < -0.4 is 26.1 Å². The molecule has 0 saturated carbocycles. The molecule has 2 rings (SSSR count). The molecule has 4 N–H and O–H groups in total. The van der Waals surface area contributed by atoms with Crippen molar-refractivity contribution >= 4 is 64.3 Å². The number of anilines is 1. The van der Waals surface area contributed by atoms with Crippen molar-refractivity contribution < 1.29 is 43.0 Å². The number of hydrogen-bond acceptors (Lipinski definition) is 13. The molecule has 212 valence electrons. The first-order valence-electron chi connectivity index (χ1n) is 11.0. The van der Waals surface area contributed by atoms with Crippen LogP contribution in [-0.4, -0.2) is 52.1 Å². The number of ether oxygens (including phenoxy) is 3. The van der Waals surface area contributed by atoms with E-state index in [1.807, 2.05) is 0 Å². The third kappa shape index (κ3) is 10.6. The number of amides is 2. The van der Waals surface area contributed by atoms with Crippen molar-refractivity contribution in [1.29, 1.82) is 0 Å². The third-order valence-corrected chi connectivity index (χ3v) is 4.71. The van der Waals surface area contributed by atoms with Crippen LogP contribution in [0.3, 0.4) is 0 Å². The summed E-state index contributed by atoms with van der Waals surface area (Å²) in [4.78, 5) is 69.2. The molecular weight excluding hydrogens is 558 g/mol. The number of thiazole rings is 1. The van der Waals surface area contributed by atoms with E-state index in [2.05, 4.69) is 21.0 Å². The number of rotatable bonds is 8. The highest BCUT2D eigenvalue weighted by Crippen LogP contribution is 2.29. The number of carbonyl (C=O) groups excluding carboxylic acids is 5. The molecule has 0 radical (unpaired) electrons. The number of hydrogen-bond donors (Lipinski definition) is 3. The summed E-state index contributed by atoms with van der Waals surface area (Å²) in [5, 5.41) is 5.40. The minimum absolute atomic E-state index is 0. The zero-order valence-corrected chi connectivity index (χ0v) is 23.5. The molecule has 0 aliphatic heterocycles. The molecule has 1 heterocycles. The molecule has 1 aromatic heterocycles. The summed E-state index contributed by atoms with van der Waals surface area (Å²) in [7, 11) is 0. The predicted octanol–water partition coefficient (Wildman–Crippen LogP) is 1.91. The highest BCUT2D eigenvalue weighted by molar-refractivity contribution is 7.13. The van der Waals surface area contributed by atoms with Crippen molar-refractivity contribution in [2.24, 2.45) is 5.16 Å². The number of nitrogens with two attached hydrogens (primary N) is 1. The van der Waals surface area contributed by atoms with E-state index < -0.39 is 41.4 Å². The number of halogens is 1. The summed E-state index contributed by atoms with van der Waals surface area (Å²) < 4.78 is 15.2. The van der Waals surface area contributed by atoms with Gasteiger partial charge in [-0.15, -0.1) is 23.7 Å². The second kappa shape index (κ2) is 14.1. The number of aromatic nitrogens is 1. The minimum Gasteiger partial charge on any atom is -0.455 e. The second-order valence-electron chi connectivity index (χ2n) is 8.55. The molecule has 1 atom stereocenters. The topological polar surface area (TPSA) is 198 Å². The van der Waals surface area contributed by atoms with E-state index in [4.69, 9.17) is 24.8 Å². The van der Waals surface area contributed by atoms with Gasteiger partial charge >= 0.3 is 17.9 Å². The van der Waals surface area contributed by atoms with Crippen LogP contribution in [0.4, 0.5) is 5.13 Å². The van der Waals surface area contributed by atoms with Gasteiger partial charge in [0.2, 0.25) is 11.8 Å². The second-order valence-corrected chi connectivity index (χ2v) is 9.44. The van der Waals surface area contributed by atoms with Gasteiger partial charge < -0.3 is 24.8 Å². The van der Waals surface area contributed by atoms with Gasteiger partial charge in [-0.1, -0.05) is 5.16 Å². The van der Waals surface area contributed by atoms with Crippen molar-refractivity contribution in [3.63, 3.8) is 0 Å². The Bertz CT molecular complexity index is 1270. The van der Waals surface area contributed by atoms with Crippen molar-refractivity contribution in [1.82, 2.24) is 15.8 Å². The zero-order valence-electron chi connectivity index (χ0n) is 21.8. The summed E-state index contributed by atoms with van der Waals surface area (Å²) in [5.41, 5.74) is 8.88. The van der Waals surface area contributed by atoms with Gasteiger partial charge in [0.05, 0.1) is 0 Å². The number of nitrogen functional groups attached to an aromatic ring is 1. The zero-order chi connectivity index (χ0) is 28.6. The summed E-state index contributed by atoms with van der Waals surface area (Å²) in [5.74, 6) is -4.06. The number of hydrazine groups is 1. The van der Waals surface area contributed by atoms with E-state index >= 15 is 0 Å². The largest absolute Gasteiger partial charge is 0.455 e. The maximum atomic E-state index is 12.6. The number of nitrogens with zero attached hydrogens (tertiary/aromatic N) is 2. The molecule has 1 aromatic carbocycles. The SMILES string of the molecule is CC(=O)Oc1ccc(C(=O)NNC(=O)C(C)ON=C(C(=O)OC(C)(C)C)c2csc(N)n2)cc1OC(C)=O.Cl. The van der Waals surface area contributed by atoms with Crippen LogP contribution in [0, 0.1) is 0 Å². The van der Waals surface area contributed by atoms with Crippen LogP contribution in [0.2, 0.25) is 0 Å². The average molecular weight is 586 g/mol. The maximum absolute atomic E-state index is 12.6. The van der Waals surface area contributed by atoms with E-state index in [-0.39, 0.29) is 46.0 Å². The summed E-state index contributed by atoms with van der Waals surface area (Å²) >= 11 is 1.07. The van der Waals surface area contributed by atoms with E-state index in [1.165, 1.54) is 24.4 Å². The lowest BCUT2D eigenvalue weighted by atomic mass is 10.2. The fourth-order valence-corrected chi connectivity index (χ4v) is 3.05. The smallest absolute Gasteiger partial charge is 0.363 e. The Balaban J connectivity index is 0.00000760. The number of oxime groups is 1. The molecule has 39 heavy (non-hydrogen) atoms. The fraction of sp³-hybridized carbons (Fsp3) is 0.348. The Kier molecular flexibility index (Phi) is 11.8. The summed E-state index contributed by atoms with van der Waals surface area (Å²) in [6, 6.07) is 3.68. The number of benzene rings is 1. The van der Waals surface area contributed by atoms with Crippen LogP contribution in [0.15, 0.2) is 28.7 Å². The minimum atomic E-state index is -1.27. The molecular formula is C23H28ClN5O9S. The highest BCUT2D eigenvalue weighted by Gasteiger charge is 2.26. The Morgan fingerprint density at radius 2 is 1.64 bits per heavy atom. The first kappa shape index (κ1) is 32.8. The molecule has 14 nitrogen and oxygen atoms in total. The van der Waals surface area contributed by atoms with Gasteiger partial charge in [-0.05, 0) is 45.9 Å². The van der Waals surface area contributed by atoms with Crippen LogP contribution in [0.25, 0.3) is 0 Å². The van der Waals surface area contributed by atoms with Gasteiger partial charge in [-0.2, -0.15) is 0 Å². The Hall–Kier alpha value is -4.24. The van der Waals surface area contributed by atoms with E-state index in [0.29, 0.717) is 0 Å². The Labute approximate surface area is 233 Å². The maximum Gasteiger partial charge on any atom is 0.363 e. The van der Waals surface area contributed by atoms with Gasteiger partial charge in [0, 0.05) is 24.8 Å². The number of carbonyl (C=O) groups is 5. The van der Waals surface area contributed by atoms with Crippen LogP contribution in [-0.2, 0) is 28.8 Å². The van der Waals surface area contributed by atoms with Crippen LogP contribution in [0.5, 0.6) is 11.5 Å². The molecule has 0 bridgehead atoms. The van der Waals surface area contributed by atoms with Crippen LogP contribution >= 0.6 is 23.7 Å². The monoisotopic (exact) mass is 585 g/mol. The van der Waals surface area contributed by atoms with Crippen molar-refractivity contribution in [2.75, 3.05) is 5.73 Å². The van der Waals surface area contributed by atoms with Crippen molar-refractivity contribution in [3.8, 4) is 11.5 Å². The first-order chi connectivity index (χ1) is 17.7. The fourth-order valence-electron chi connectivity index (χ4n) is 2.51.